The van der Waals surface area contributed by atoms with Crippen LogP contribution in [0.25, 0.3) is 0 Å². The van der Waals surface area contributed by atoms with E-state index in [9.17, 15) is 4.79 Å². The second-order valence-corrected chi connectivity index (χ2v) is 9.45. The van der Waals surface area contributed by atoms with Gasteiger partial charge in [-0.2, -0.15) is 0 Å². The van der Waals surface area contributed by atoms with Crippen LogP contribution >= 0.6 is 35.3 Å². The molecule has 0 saturated carbocycles. The van der Waals surface area contributed by atoms with Crippen LogP contribution in [0.2, 0.25) is 0 Å². The summed E-state index contributed by atoms with van der Waals surface area (Å²) in [5.74, 6) is 1.14. The largest absolute Gasteiger partial charge is 0.368 e. The van der Waals surface area contributed by atoms with E-state index in [4.69, 9.17) is 9.73 Å². The fraction of sp³-hybridized carbons (Fsp3) is 0.727. The Bertz CT molecular complexity index is 744. The molecule has 0 aliphatic carbocycles. The van der Waals surface area contributed by atoms with Gasteiger partial charge in [-0.15, -0.1) is 35.3 Å². The van der Waals surface area contributed by atoms with Gasteiger partial charge in [-0.05, 0) is 50.1 Å². The molecular formula is C22H36IN5O2S. The fourth-order valence-corrected chi connectivity index (χ4v) is 5.41. The van der Waals surface area contributed by atoms with Crippen molar-refractivity contribution in [2.75, 3.05) is 52.4 Å². The summed E-state index contributed by atoms with van der Waals surface area (Å²) in [6.07, 6.45) is 2.80. The number of rotatable bonds is 5. The smallest absolute Gasteiger partial charge is 0.251 e. The van der Waals surface area contributed by atoms with Crippen molar-refractivity contribution in [1.29, 1.82) is 0 Å². The Morgan fingerprint density at radius 2 is 2.06 bits per heavy atom. The van der Waals surface area contributed by atoms with E-state index in [0.717, 1.165) is 84.2 Å². The van der Waals surface area contributed by atoms with Gasteiger partial charge < -0.3 is 19.9 Å². The minimum Gasteiger partial charge on any atom is -0.368 e. The minimum absolute atomic E-state index is 0. The van der Waals surface area contributed by atoms with Gasteiger partial charge >= 0.3 is 0 Å². The second-order valence-electron chi connectivity index (χ2n) is 8.45. The van der Waals surface area contributed by atoms with Crippen molar-refractivity contribution in [1.82, 2.24) is 20.0 Å². The summed E-state index contributed by atoms with van der Waals surface area (Å²) < 4.78 is 5.58. The van der Waals surface area contributed by atoms with Crippen LogP contribution in [0.3, 0.4) is 0 Å². The Balaban J connectivity index is 0.00000272. The lowest BCUT2D eigenvalue weighted by molar-refractivity contribution is -0.142. The quantitative estimate of drug-likeness (QED) is 0.340. The number of ether oxygens (including phenoxy) is 1. The third-order valence-electron chi connectivity index (χ3n) is 6.40. The molecule has 4 rings (SSSR count). The van der Waals surface area contributed by atoms with E-state index in [-0.39, 0.29) is 36.0 Å². The molecule has 31 heavy (non-hydrogen) atoms. The highest BCUT2D eigenvalue weighted by Crippen LogP contribution is 2.25. The van der Waals surface area contributed by atoms with Crippen molar-refractivity contribution in [3.63, 3.8) is 0 Å². The van der Waals surface area contributed by atoms with Gasteiger partial charge in [0.1, 0.15) is 6.10 Å². The van der Waals surface area contributed by atoms with Gasteiger partial charge in [0, 0.05) is 63.3 Å². The molecule has 1 amide bonds. The molecule has 1 aromatic rings. The number of halogens is 1. The average molecular weight is 562 g/mol. The topological polar surface area (TPSA) is 60.4 Å². The van der Waals surface area contributed by atoms with Crippen molar-refractivity contribution < 1.29 is 9.53 Å². The van der Waals surface area contributed by atoms with Gasteiger partial charge in [0.2, 0.25) is 0 Å². The van der Waals surface area contributed by atoms with Gasteiger partial charge in [0.25, 0.3) is 5.91 Å². The number of thiophene rings is 1. The lowest BCUT2D eigenvalue weighted by atomic mass is 10.1. The summed E-state index contributed by atoms with van der Waals surface area (Å²) in [4.78, 5) is 25.9. The zero-order valence-electron chi connectivity index (χ0n) is 18.7. The molecule has 4 heterocycles. The number of nitrogens with zero attached hydrogens (tertiary/aromatic N) is 4. The Morgan fingerprint density at radius 1 is 1.29 bits per heavy atom. The summed E-state index contributed by atoms with van der Waals surface area (Å²) >= 11 is 1.89. The first-order valence-corrected chi connectivity index (χ1v) is 12.3. The first kappa shape index (κ1) is 24.7. The van der Waals surface area contributed by atoms with E-state index < -0.39 is 0 Å². The molecular weight excluding hydrogens is 525 g/mol. The van der Waals surface area contributed by atoms with E-state index in [1.54, 1.807) is 4.88 Å². The molecule has 1 N–H and O–H groups in total. The predicted octanol–water partition coefficient (Wildman–Crippen LogP) is 2.40. The summed E-state index contributed by atoms with van der Waals surface area (Å²) in [6.45, 7) is 12.0. The van der Waals surface area contributed by atoms with Gasteiger partial charge in [-0.3, -0.25) is 14.7 Å². The molecule has 2 unspecified atom stereocenters. The van der Waals surface area contributed by atoms with Gasteiger partial charge in [0.15, 0.2) is 5.96 Å². The molecule has 2 fully saturated rings. The highest BCUT2D eigenvalue weighted by molar-refractivity contribution is 14.0. The van der Waals surface area contributed by atoms with Crippen molar-refractivity contribution in [3.8, 4) is 0 Å². The van der Waals surface area contributed by atoms with E-state index in [2.05, 4.69) is 40.4 Å². The number of hydrogen-bond acceptors (Lipinski definition) is 5. The lowest BCUT2D eigenvalue weighted by Crippen LogP contribution is -2.55. The third kappa shape index (κ3) is 6.11. The highest BCUT2D eigenvalue weighted by Gasteiger charge is 2.31. The molecule has 0 aromatic carbocycles. The Labute approximate surface area is 207 Å². The molecule has 7 nitrogen and oxygen atoms in total. The maximum Gasteiger partial charge on any atom is 0.251 e. The molecule has 9 heteroatoms. The molecule has 174 valence electrons. The summed E-state index contributed by atoms with van der Waals surface area (Å²) in [5.41, 5.74) is 1.49. The van der Waals surface area contributed by atoms with Crippen molar-refractivity contribution >= 4 is 47.2 Å². The SMILES string of the molecule is CCNC(=NCC(C)N1CCc2sccc2C1)N1CCN(C(=O)C2CCCO2)CC1.I. The zero-order valence-corrected chi connectivity index (χ0v) is 21.9. The molecule has 0 radical (unpaired) electrons. The van der Waals surface area contributed by atoms with E-state index >= 15 is 0 Å². The van der Waals surface area contributed by atoms with Gasteiger partial charge in [-0.25, -0.2) is 0 Å². The molecule has 1 aromatic heterocycles. The van der Waals surface area contributed by atoms with Crippen LogP contribution in [0.4, 0.5) is 0 Å². The van der Waals surface area contributed by atoms with E-state index in [1.165, 1.54) is 5.56 Å². The predicted molar refractivity (Wildman–Crippen MR) is 136 cm³/mol. The number of piperazine rings is 1. The molecule has 0 bridgehead atoms. The summed E-state index contributed by atoms with van der Waals surface area (Å²) in [5, 5.41) is 5.66. The second kappa shape index (κ2) is 11.8. The number of guanidine groups is 1. The monoisotopic (exact) mass is 561 g/mol. The average Bonchev–Trinajstić information content (AvgIpc) is 3.47. The maximum absolute atomic E-state index is 12.6. The van der Waals surface area contributed by atoms with Crippen LogP contribution in [-0.2, 0) is 22.5 Å². The third-order valence-corrected chi connectivity index (χ3v) is 7.42. The highest BCUT2D eigenvalue weighted by atomic mass is 127. The van der Waals surface area contributed by atoms with Crippen molar-refractivity contribution in [2.24, 2.45) is 4.99 Å². The van der Waals surface area contributed by atoms with Crippen LogP contribution in [0.5, 0.6) is 0 Å². The molecule has 0 spiro atoms. The van der Waals surface area contributed by atoms with Crippen LogP contribution < -0.4 is 5.32 Å². The van der Waals surface area contributed by atoms with Crippen LogP contribution in [-0.4, -0.2) is 91.1 Å². The molecule has 2 atom stereocenters. The number of carbonyl (C=O) groups excluding carboxylic acids is 1. The van der Waals surface area contributed by atoms with Gasteiger partial charge in [0.05, 0.1) is 6.54 Å². The minimum atomic E-state index is -0.215. The number of aliphatic imine (C=N–C) groups is 1. The van der Waals surface area contributed by atoms with Crippen molar-refractivity contribution in [3.05, 3.63) is 21.9 Å². The fourth-order valence-electron chi connectivity index (χ4n) is 4.52. The lowest BCUT2D eigenvalue weighted by Gasteiger charge is -2.37. The first-order valence-electron chi connectivity index (χ1n) is 11.4. The Hall–Kier alpha value is -0.910. The number of fused-ring (bicyclic) bond motifs is 1. The molecule has 2 saturated heterocycles. The maximum atomic E-state index is 12.6. The first-order chi connectivity index (χ1) is 14.7. The molecule has 3 aliphatic heterocycles. The summed E-state index contributed by atoms with van der Waals surface area (Å²) in [7, 11) is 0. The number of nitrogens with one attached hydrogen (secondary N) is 1. The van der Waals surface area contributed by atoms with Gasteiger partial charge in [-0.1, -0.05) is 0 Å². The van der Waals surface area contributed by atoms with E-state index in [1.807, 2.05) is 16.2 Å². The van der Waals surface area contributed by atoms with Crippen LogP contribution in [0, 0.1) is 0 Å². The zero-order chi connectivity index (χ0) is 20.9. The number of amides is 1. The normalized spacial score (nSPS) is 23.3. The number of hydrogen-bond donors (Lipinski definition) is 1. The summed E-state index contributed by atoms with van der Waals surface area (Å²) in [6, 6.07) is 2.68. The van der Waals surface area contributed by atoms with Crippen LogP contribution in [0.1, 0.15) is 37.1 Å². The van der Waals surface area contributed by atoms with Crippen LogP contribution in [0.15, 0.2) is 16.4 Å². The Morgan fingerprint density at radius 3 is 2.77 bits per heavy atom. The number of carbonyl (C=O) groups is 1. The van der Waals surface area contributed by atoms with Crippen molar-refractivity contribution in [2.45, 2.75) is 51.8 Å². The molecule has 3 aliphatic rings. The standard InChI is InChI=1S/C22H35N5O2S.HI/c1-3-23-22(24-15-17(2)27-8-6-20-18(16-27)7-14-30-20)26-11-9-25(10-12-26)21(28)19-5-4-13-29-19;/h7,14,17,19H,3-6,8-13,15-16H2,1-2H3,(H,23,24);1H. The Kier molecular flexibility index (Phi) is 9.42. The van der Waals surface area contributed by atoms with E-state index in [0.29, 0.717) is 6.04 Å².